The van der Waals surface area contributed by atoms with Crippen LogP contribution in [0.15, 0.2) is 18.2 Å². The third kappa shape index (κ3) is 4.41. The first-order chi connectivity index (χ1) is 10.1. The predicted molar refractivity (Wildman–Crippen MR) is 76.7 cm³/mol. The second kappa shape index (κ2) is 7.38. The molecule has 1 aromatic rings. The van der Waals surface area contributed by atoms with Crippen molar-refractivity contribution in [1.29, 1.82) is 0 Å². The highest BCUT2D eigenvalue weighted by Crippen LogP contribution is 2.18. The highest BCUT2D eigenvalue weighted by molar-refractivity contribution is 5.78. The van der Waals surface area contributed by atoms with E-state index in [0.29, 0.717) is 39.4 Å². The SMILES string of the molecule is COc1ccc(CN(C)CC(=O)N2CCOCC2)cc1F. The van der Waals surface area contributed by atoms with Gasteiger partial charge >= 0.3 is 0 Å². The van der Waals surface area contributed by atoms with Crippen LogP contribution in [0, 0.1) is 5.82 Å². The second-order valence-electron chi connectivity index (χ2n) is 5.13. The number of carbonyl (C=O) groups is 1. The van der Waals surface area contributed by atoms with Crippen LogP contribution in [-0.4, -0.2) is 62.7 Å². The van der Waals surface area contributed by atoms with Crippen molar-refractivity contribution in [3.63, 3.8) is 0 Å². The largest absolute Gasteiger partial charge is 0.494 e. The Hall–Kier alpha value is -1.66. The summed E-state index contributed by atoms with van der Waals surface area (Å²) in [5.74, 6) is -0.0801. The van der Waals surface area contributed by atoms with Crippen LogP contribution >= 0.6 is 0 Å². The minimum Gasteiger partial charge on any atom is -0.494 e. The number of halogens is 1. The summed E-state index contributed by atoms with van der Waals surface area (Å²) in [6.07, 6.45) is 0. The van der Waals surface area contributed by atoms with Crippen molar-refractivity contribution in [3.05, 3.63) is 29.6 Å². The van der Waals surface area contributed by atoms with Gasteiger partial charge in [-0.1, -0.05) is 6.07 Å². The van der Waals surface area contributed by atoms with E-state index in [4.69, 9.17) is 9.47 Å². The van der Waals surface area contributed by atoms with Crippen molar-refractivity contribution >= 4 is 5.91 Å². The highest BCUT2D eigenvalue weighted by Gasteiger charge is 2.18. The number of nitrogens with zero attached hydrogens (tertiary/aromatic N) is 2. The summed E-state index contributed by atoms with van der Waals surface area (Å²) in [4.78, 5) is 15.8. The molecule has 0 N–H and O–H groups in total. The van der Waals surface area contributed by atoms with Crippen LogP contribution in [0.1, 0.15) is 5.56 Å². The van der Waals surface area contributed by atoms with E-state index >= 15 is 0 Å². The summed E-state index contributed by atoms with van der Waals surface area (Å²) in [7, 11) is 3.28. The van der Waals surface area contributed by atoms with Gasteiger partial charge < -0.3 is 14.4 Å². The minimum absolute atomic E-state index is 0.0785. The second-order valence-corrected chi connectivity index (χ2v) is 5.13. The van der Waals surface area contributed by atoms with E-state index in [2.05, 4.69) is 0 Å². The molecular formula is C15H21FN2O3. The first kappa shape index (κ1) is 15.7. The van der Waals surface area contributed by atoms with Crippen LogP contribution in [-0.2, 0) is 16.1 Å². The number of amides is 1. The van der Waals surface area contributed by atoms with E-state index in [1.807, 2.05) is 11.9 Å². The molecule has 0 spiro atoms. The first-order valence-corrected chi connectivity index (χ1v) is 6.96. The number of methoxy groups -OCH3 is 1. The minimum atomic E-state index is -0.386. The fourth-order valence-corrected chi connectivity index (χ4v) is 2.32. The summed E-state index contributed by atoms with van der Waals surface area (Å²) in [6, 6.07) is 4.84. The van der Waals surface area contributed by atoms with E-state index in [1.54, 1.807) is 17.0 Å². The van der Waals surface area contributed by atoms with Crippen molar-refractivity contribution in [3.8, 4) is 5.75 Å². The fraction of sp³-hybridized carbons (Fsp3) is 0.533. The van der Waals surface area contributed by atoms with Crippen molar-refractivity contribution in [2.45, 2.75) is 6.54 Å². The molecule has 0 bridgehead atoms. The van der Waals surface area contributed by atoms with Crippen LogP contribution in [0.2, 0.25) is 0 Å². The van der Waals surface area contributed by atoms with Gasteiger partial charge in [-0.3, -0.25) is 9.69 Å². The molecule has 0 saturated carbocycles. The standard InChI is InChI=1S/C15H21FN2O3/c1-17(11-15(19)18-5-7-21-8-6-18)10-12-3-4-14(20-2)13(16)9-12/h3-4,9H,5-8,10-11H2,1-2H3. The Kier molecular flexibility index (Phi) is 5.52. The molecule has 1 amide bonds. The third-order valence-corrected chi connectivity index (χ3v) is 3.44. The average Bonchev–Trinajstić information content (AvgIpc) is 2.48. The smallest absolute Gasteiger partial charge is 0.236 e. The zero-order valence-electron chi connectivity index (χ0n) is 12.5. The zero-order chi connectivity index (χ0) is 15.2. The summed E-state index contributed by atoms with van der Waals surface area (Å²) in [6.45, 7) is 3.30. The molecule has 1 aliphatic heterocycles. The van der Waals surface area contributed by atoms with Crippen LogP contribution in [0.4, 0.5) is 4.39 Å². The lowest BCUT2D eigenvalue weighted by Gasteiger charge is -2.28. The van der Waals surface area contributed by atoms with Crippen molar-refractivity contribution in [2.24, 2.45) is 0 Å². The molecule has 1 saturated heterocycles. The molecule has 0 radical (unpaired) electrons. The van der Waals surface area contributed by atoms with Gasteiger partial charge in [-0.05, 0) is 24.7 Å². The van der Waals surface area contributed by atoms with Gasteiger partial charge in [0, 0.05) is 19.6 Å². The number of hydrogen-bond donors (Lipinski definition) is 0. The topological polar surface area (TPSA) is 42.0 Å². The molecule has 0 unspecified atom stereocenters. The van der Waals surface area contributed by atoms with E-state index in [-0.39, 0.29) is 17.5 Å². The molecule has 116 valence electrons. The summed E-state index contributed by atoms with van der Waals surface area (Å²) in [5.41, 5.74) is 0.811. The Morgan fingerprint density at radius 3 is 2.76 bits per heavy atom. The number of carbonyl (C=O) groups excluding carboxylic acids is 1. The van der Waals surface area contributed by atoms with Crippen molar-refractivity contribution in [1.82, 2.24) is 9.80 Å². The number of rotatable bonds is 5. The molecule has 6 heteroatoms. The third-order valence-electron chi connectivity index (χ3n) is 3.44. The average molecular weight is 296 g/mol. The Balaban J connectivity index is 1.87. The first-order valence-electron chi connectivity index (χ1n) is 6.96. The monoisotopic (exact) mass is 296 g/mol. The Morgan fingerprint density at radius 1 is 1.43 bits per heavy atom. The molecule has 5 nitrogen and oxygen atoms in total. The van der Waals surface area contributed by atoms with Gasteiger partial charge in [-0.15, -0.1) is 0 Å². The van der Waals surface area contributed by atoms with Gasteiger partial charge in [0.25, 0.3) is 0 Å². The van der Waals surface area contributed by atoms with Gasteiger partial charge in [0.1, 0.15) is 0 Å². The van der Waals surface area contributed by atoms with Crippen molar-refractivity contribution in [2.75, 3.05) is 47.0 Å². The number of hydrogen-bond acceptors (Lipinski definition) is 4. The lowest BCUT2D eigenvalue weighted by atomic mass is 10.2. The van der Waals surface area contributed by atoms with Gasteiger partial charge in [0.05, 0.1) is 26.9 Å². The van der Waals surface area contributed by atoms with Gasteiger partial charge in [0.15, 0.2) is 11.6 Å². The van der Waals surface area contributed by atoms with Crippen LogP contribution < -0.4 is 4.74 Å². The van der Waals surface area contributed by atoms with E-state index in [0.717, 1.165) is 5.56 Å². The van der Waals surface area contributed by atoms with Crippen LogP contribution in [0.3, 0.4) is 0 Å². The normalized spacial score (nSPS) is 15.3. The molecule has 2 rings (SSSR count). The maximum atomic E-state index is 13.6. The van der Waals surface area contributed by atoms with Gasteiger partial charge in [0.2, 0.25) is 5.91 Å². The molecule has 0 aliphatic carbocycles. The molecule has 1 aliphatic rings. The van der Waals surface area contributed by atoms with Crippen molar-refractivity contribution < 1.29 is 18.7 Å². The Bertz CT molecular complexity index is 490. The Labute approximate surface area is 124 Å². The van der Waals surface area contributed by atoms with E-state index in [9.17, 15) is 9.18 Å². The molecule has 1 aromatic carbocycles. The molecule has 1 fully saturated rings. The van der Waals surface area contributed by atoms with Crippen LogP contribution in [0.5, 0.6) is 5.75 Å². The molecule has 0 aromatic heterocycles. The fourth-order valence-electron chi connectivity index (χ4n) is 2.32. The quantitative estimate of drug-likeness (QED) is 0.817. The highest BCUT2D eigenvalue weighted by atomic mass is 19.1. The molecule has 0 atom stereocenters. The maximum absolute atomic E-state index is 13.6. The maximum Gasteiger partial charge on any atom is 0.236 e. The predicted octanol–water partition coefficient (Wildman–Crippen LogP) is 1.12. The lowest BCUT2D eigenvalue weighted by molar-refractivity contribution is -0.136. The van der Waals surface area contributed by atoms with Gasteiger partial charge in [-0.25, -0.2) is 4.39 Å². The lowest BCUT2D eigenvalue weighted by Crippen LogP contribution is -2.44. The molecule has 21 heavy (non-hydrogen) atoms. The summed E-state index contributed by atoms with van der Waals surface area (Å²) >= 11 is 0. The van der Waals surface area contributed by atoms with E-state index in [1.165, 1.54) is 13.2 Å². The summed E-state index contributed by atoms with van der Waals surface area (Å²) in [5, 5.41) is 0. The van der Waals surface area contributed by atoms with Gasteiger partial charge in [-0.2, -0.15) is 0 Å². The molecule has 1 heterocycles. The summed E-state index contributed by atoms with van der Waals surface area (Å²) < 4.78 is 23.7. The number of benzene rings is 1. The zero-order valence-corrected chi connectivity index (χ0v) is 12.5. The number of likely N-dealkylation sites (N-methyl/N-ethyl adjacent to an activating group) is 1. The number of ether oxygens (including phenoxy) is 2. The number of morpholine rings is 1. The Morgan fingerprint density at radius 2 is 2.14 bits per heavy atom. The van der Waals surface area contributed by atoms with E-state index < -0.39 is 0 Å². The van der Waals surface area contributed by atoms with Crippen LogP contribution in [0.25, 0.3) is 0 Å². The molecular weight excluding hydrogens is 275 g/mol.